The van der Waals surface area contributed by atoms with E-state index in [4.69, 9.17) is 9.47 Å². The number of carbonyl (C=O) groups is 1. The van der Waals surface area contributed by atoms with E-state index in [0.717, 1.165) is 31.7 Å². The number of ether oxygens (including phenoxy) is 2. The zero-order valence-corrected chi connectivity index (χ0v) is 11.9. The summed E-state index contributed by atoms with van der Waals surface area (Å²) < 4.78 is 11.2. The fourth-order valence-corrected chi connectivity index (χ4v) is 2.85. The Bertz CT molecular complexity index is 500. The maximum absolute atomic E-state index is 12.5. The van der Waals surface area contributed by atoms with Gasteiger partial charge in [-0.05, 0) is 37.0 Å². The number of hydrogen-bond donors (Lipinski definition) is 0. The second-order valence-corrected chi connectivity index (χ2v) is 5.71. The van der Waals surface area contributed by atoms with Crippen LogP contribution in [0.1, 0.15) is 36.5 Å². The molecule has 3 rings (SSSR count). The Kier molecular flexibility index (Phi) is 3.81. The number of fused-ring (bicyclic) bond motifs is 1. The molecule has 0 radical (unpaired) electrons. The quantitative estimate of drug-likeness (QED) is 0.791. The standard InChI is InChI=1S/C16H21NO3/c1-12-4-2-7-17(11-12)16(18)13-5-6-14-15(10-13)20-9-3-8-19-14/h5-6,10,12H,2-4,7-9,11H2,1H3. The highest BCUT2D eigenvalue weighted by atomic mass is 16.5. The average Bonchev–Trinajstić information content (AvgIpc) is 2.71. The van der Waals surface area contributed by atoms with Crippen LogP contribution in [0.3, 0.4) is 0 Å². The summed E-state index contributed by atoms with van der Waals surface area (Å²) in [7, 11) is 0. The molecule has 1 amide bonds. The Morgan fingerprint density at radius 2 is 2.00 bits per heavy atom. The van der Waals surface area contributed by atoms with Crippen LogP contribution < -0.4 is 9.47 Å². The van der Waals surface area contributed by atoms with Gasteiger partial charge in [0.2, 0.25) is 0 Å². The number of nitrogens with zero attached hydrogens (tertiary/aromatic N) is 1. The van der Waals surface area contributed by atoms with Crippen molar-refractivity contribution in [1.82, 2.24) is 4.90 Å². The number of benzene rings is 1. The van der Waals surface area contributed by atoms with E-state index in [9.17, 15) is 4.79 Å². The molecule has 1 atom stereocenters. The first kappa shape index (κ1) is 13.3. The Morgan fingerprint density at radius 1 is 1.20 bits per heavy atom. The predicted octanol–water partition coefficient (Wildman–Crippen LogP) is 2.72. The first-order chi connectivity index (χ1) is 9.74. The van der Waals surface area contributed by atoms with E-state index in [-0.39, 0.29) is 5.91 Å². The van der Waals surface area contributed by atoms with Gasteiger partial charge in [-0.1, -0.05) is 6.92 Å². The van der Waals surface area contributed by atoms with E-state index in [1.165, 1.54) is 6.42 Å². The molecule has 0 spiro atoms. The molecule has 0 aromatic heterocycles. The van der Waals surface area contributed by atoms with Crippen LogP contribution in [-0.2, 0) is 0 Å². The van der Waals surface area contributed by atoms with E-state index in [1.807, 2.05) is 23.1 Å². The molecule has 2 heterocycles. The van der Waals surface area contributed by atoms with E-state index >= 15 is 0 Å². The molecule has 0 aliphatic carbocycles. The summed E-state index contributed by atoms with van der Waals surface area (Å²) in [5.41, 5.74) is 0.698. The minimum absolute atomic E-state index is 0.104. The molecule has 20 heavy (non-hydrogen) atoms. The molecular formula is C16H21NO3. The number of carbonyl (C=O) groups excluding carboxylic acids is 1. The molecule has 108 valence electrons. The van der Waals surface area contributed by atoms with Gasteiger partial charge in [0.05, 0.1) is 13.2 Å². The van der Waals surface area contributed by atoms with Crippen LogP contribution in [-0.4, -0.2) is 37.1 Å². The summed E-state index contributed by atoms with van der Waals surface area (Å²) in [5.74, 6) is 2.13. The monoisotopic (exact) mass is 275 g/mol. The van der Waals surface area contributed by atoms with Gasteiger partial charge >= 0.3 is 0 Å². The van der Waals surface area contributed by atoms with Crippen molar-refractivity contribution in [2.45, 2.75) is 26.2 Å². The van der Waals surface area contributed by atoms with Gasteiger partial charge in [-0.3, -0.25) is 4.79 Å². The van der Waals surface area contributed by atoms with Gasteiger partial charge in [-0.25, -0.2) is 0 Å². The van der Waals surface area contributed by atoms with Crippen LogP contribution in [0.5, 0.6) is 11.5 Å². The maximum atomic E-state index is 12.5. The number of piperidine rings is 1. The fourth-order valence-electron chi connectivity index (χ4n) is 2.85. The summed E-state index contributed by atoms with van der Waals surface area (Å²) in [6, 6.07) is 5.51. The second-order valence-electron chi connectivity index (χ2n) is 5.71. The third kappa shape index (κ3) is 2.74. The lowest BCUT2D eigenvalue weighted by atomic mass is 9.99. The normalized spacial score (nSPS) is 22.2. The fraction of sp³-hybridized carbons (Fsp3) is 0.562. The highest BCUT2D eigenvalue weighted by Crippen LogP contribution is 2.31. The number of amides is 1. The van der Waals surface area contributed by atoms with Crippen molar-refractivity contribution < 1.29 is 14.3 Å². The largest absolute Gasteiger partial charge is 0.490 e. The lowest BCUT2D eigenvalue weighted by Crippen LogP contribution is -2.39. The molecule has 1 fully saturated rings. The first-order valence-corrected chi connectivity index (χ1v) is 7.43. The van der Waals surface area contributed by atoms with E-state index in [2.05, 4.69) is 6.92 Å². The highest BCUT2D eigenvalue weighted by molar-refractivity contribution is 5.95. The smallest absolute Gasteiger partial charge is 0.254 e. The van der Waals surface area contributed by atoms with E-state index < -0.39 is 0 Å². The third-order valence-electron chi connectivity index (χ3n) is 3.94. The van der Waals surface area contributed by atoms with Crippen LogP contribution in [0.4, 0.5) is 0 Å². The second kappa shape index (κ2) is 5.73. The lowest BCUT2D eigenvalue weighted by Gasteiger charge is -2.31. The molecule has 1 saturated heterocycles. The van der Waals surface area contributed by atoms with Crippen molar-refractivity contribution >= 4 is 5.91 Å². The zero-order valence-electron chi connectivity index (χ0n) is 11.9. The Hall–Kier alpha value is -1.71. The molecule has 4 heteroatoms. The van der Waals surface area contributed by atoms with Gasteiger partial charge in [0.1, 0.15) is 0 Å². The summed E-state index contributed by atoms with van der Waals surface area (Å²) in [5, 5.41) is 0. The molecule has 0 bridgehead atoms. The minimum Gasteiger partial charge on any atom is -0.490 e. The third-order valence-corrected chi connectivity index (χ3v) is 3.94. The highest BCUT2D eigenvalue weighted by Gasteiger charge is 2.23. The summed E-state index contributed by atoms with van der Waals surface area (Å²) in [6.07, 6.45) is 3.18. The number of likely N-dealkylation sites (tertiary alicyclic amines) is 1. The summed E-state index contributed by atoms with van der Waals surface area (Å²) in [4.78, 5) is 14.5. The molecule has 0 N–H and O–H groups in total. The maximum Gasteiger partial charge on any atom is 0.254 e. The van der Waals surface area contributed by atoms with Crippen LogP contribution in [0.25, 0.3) is 0 Å². The SMILES string of the molecule is CC1CCCN(C(=O)c2ccc3c(c2)OCCCO3)C1. The van der Waals surface area contributed by atoms with Gasteiger partial charge in [-0.15, -0.1) is 0 Å². The van der Waals surface area contributed by atoms with Crippen molar-refractivity contribution in [3.05, 3.63) is 23.8 Å². The average molecular weight is 275 g/mol. The van der Waals surface area contributed by atoms with Crippen molar-refractivity contribution in [3.63, 3.8) is 0 Å². The molecule has 1 aromatic rings. The Morgan fingerprint density at radius 3 is 2.80 bits per heavy atom. The molecule has 2 aliphatic heterocycles. The minimum atomic E-state index is 0.104. The van der Waals surface area contributed by atoms with Crippen LogP contribution >= 0.6 is 0 Å². The number of hydrogen-bond acceptors (Lipinski definition) is 3. The molecule has 0 saturated carbocycles. The van der Waals surface area contributed by atoms with Crippen LogP contribution in [0.15, 0.2) is 18.2 Å². The van der Waals surface area contributed by atoms with Crippen molar-refractivity contribution in [2.75, 3.05) is 26.3 Å². The van der Waals surface area contributed by atoms with Gasteiger partial charge in [0.15, 0.2) is 11.5 Å². The van der Waals surface area contributed by atoms with Crippen molar-refractivity contribution in [2.24, 2.45) is 5.92 Å². The first-order valence-electron chi connectivity index (χ1n) is 7.43. The Labute approximate surface area is 119 Å². The van der Waals surface area contributed by atoms with E-state index in [0.29, 0.717) is 30.4 Å². The van der Waals surface area contributed by atoms with Crippen molar-refractivity contribution in [3.8, 4) is 11.5 Å². The summed E-state index contributed by atoms with van der Waals surface area (Å²) in [6.45, 7) is 5.23. The predicted molar refractivity (Wildman–Crippen MR) is 76.4 cm³/mol. The summed E-state index contributed by atoms with van der Waals surface area (Å²) >= 11 is 0. The van der Waals surface area contributed by atoms with Crippen molar-refractivity contribution in [1.29, 1.82) is 0 Å². The molecular weight excluding hydrogens is 254 g/mol. The van der Waals surface area contributed by atoms with Gasteiger partial charge < -0.3 is 14.4 Å². The van der Waals surface area contributed by atoms with E-state index in [1.54, 1.807) is 0 Å². The van der Waals surface area contributed by atoms with Gasteiger partial charge in [-0.2, -0.15) is 0 Å². The molecule has 4 nitrogen and oxygen atoms in total. The van der Waals surface area contributed by atoms with Gasteiger partial charge in [0, 0.05) is 25.1 Å². The number of rotatable bonds is 1. The molecule has 2 aliphatic rings. The van der Waals surface area contributed by atoms with Gasteiger partial charge in [0.25, 0.3) is 5.91 Å². The zero-order chi connectivity index (χ0) is 13.9. The topological polar surface area (TPSA) is 38.8 Å². The molecule has 1 aromatic carbocycles. The molecule has 1 unspecified atom stereocenters. The van der Waals surface area contributed by atoms with Crippen LogP contribution in [0.2, 0.25) is 0 Å². The lowest BCUT2D eigenvalue weighted by molar-refractivity contribution is 0.0682. The van der Waals surface area contributed by atoms with Crippen LogP contribution in [0, 0.1) is 5.92 Å². The Balaban J connectivity index is 1.79.